The van der Waals surface area contributed by atoms with E-state index in [9.17, 15) is 4.79 Å². The Bertz CT molecular complexity index is 270. The number of rotatable bonds is 4. The van der Waals surface area contributed by atoms with Crippen molar-refractivity contribution in [1.82, 2.24) is 10.6 Å². The highest BCUT2D eigenvalue weighted by Crippen LogP contribution is 2.26. The summed E-state index contributed by atoms with van der Waals surface area (Å²) in [7, 11) is 0. The van der Waals surface area contributed by atoms with E-state index in [1.54, 1.807) is 0 Å². The number of halogens is 1. The molecule has 0 radical (unpaired) electrons. The van der Waals surface area contributed by atoms with Gasteiger partial charge in [-0.1, -0.05) is 26.2 Å². The second-order valence-corrected chi connectivity index (χ2v) is 5.64. The highest BCUT2D eigenvalue weighted by molar-refractivity contribution is 5.85. The van der Waals surface area contributed by atoms with Crippen molar-refractivity contribution in [3.05, 3.63) is 0 Å². The van der Waals surface area contributed by atoms with Gasteiger partial charge in [0.05, 0.1) is 13.2 Å². The van der Waals surface area contributed by atoms with Crippen molar-refractivity contribution in [1.29, 1.82) is 0 Å². The summed E-state index contributed by atoms with van der Waals surface area (Å²) in [5, 5.41) is 6.52. The van der Waals surface area contributed by atoms with Gasteiger partial charge in [-0.15, -0.1) is 12.4 Å². The van der Waals surface area contributed by atoms with Crippen LogP contribution in [0.2, 0.25) is 0 Å². The van der Waals surface area contributed by atoms with Crippen molar-refractivity contribution in [2.75, 3.05) is 19.8 Å². The van der Waals surface area contributed by atoms with Crippen LogP contribution in [0.3, 0.4) is 0 Å². The molecule has 0 aromatic carbocycles. The Balaban J connectivity index is 0.00000180. The molecule has 3 atom stereocenters. The predicted molar refractivity (Wildman–Crippen MR) is 78.7 cm³/mol. The van der Waals surface area contributed by atoms with E-state index in [1.165, 1.54) is 19.3 Å². The molecule has 2 rings (SSSR count). The number of carbonyl (C=O) groups excluding carboxylic acids is 1. The third-order valence-electron chi connectivity index (χ3n) is 4.16. The maximum atomic E-state index is 12.0. The fourth-order valence-electron chi connectivity index (χ4n) is 3.05. The fourth-order valence-corrected chi connectivity index (χ4v) is 3.05. The summed E-state index contributed by atoms with van der Waals surface area (Å²) in [6.07, 6.45) is 6.69. The molecule has 1 saturated carbocycles. The zero-order valence-electron chi connectivity index (χ0n) is 11.8. The topological polar surface area (TPSA) is 50.4 Å². The molecule has 1 saturated heterocycles. The summed E-state index contributed by atoms with van der Waals surface area (Å²) in [6.45, 7) is 4.53. The quantitative estimate of drug-likeness (QED) is 0.831. The molecule has 2 aliphatic rings. The first-order valence-electron chi connectivity index (χ1n) is 7.38. The van der Waals surface area contributed by atoms with Crippen LogP contribution in [0.4, 0.5) is 0 Å². The van der Waals surface area contributed by atoms with Crippen molar-refractivity contribution in [3.63, 3.8) is 0 Å². The highest BCUT2D eigenvalue weighted by atomic mass is 35.5. The van der Waals surface area contributed by atoms with Crippen LogP contribution in [0.15, 0.2) is 0 Å². The molecule has 19 heavy (non-hydrogen) atoms. The van der Waals surface area contributed by atoms with Crippen molar-refractivity contribution in [2.45, 2.75) is 57.5 Å². The molecule has 2 N–H and O–H groups in total. The first-order valence-corrected chi connectivity index (χ1v) is 7.38. The molecule has 1 amide bonds. The lowest BCUT2D eigenvalue weighted by Crippen LogP contribution is -2.46. The van der Waals surface area contributed by atoms with E-state index < -0.39 is 0 Å². The Kier molecular flexibility index (Phi) is 7.73. The minimum absolute atomic E-state index is 0. The van der Waals surface area contributed by atoms with Gasteiger partial charge in [-0.25, -0.2) is 0 Å². The molecule has 0 spiro atoms. The maximum absolute atomic E-state index is 12.0. The number of amides is 1. The second-order valence-electron chi connectivity index (χ2n) is 5.64. The molecular formula is C14H27ClN2O2. The summed E-state index contributed by atoms with van der Waals surface area (Å²) in [4.78, 5) is 12.0. The third kappa shape index (κ3) is 5.67. The van der Waals surface area contributed by atoms with Crippen molar-refractivity contribution < 1.29 is 9.53 Å². The normalized spacial score (nSPS) is 31.3. The van der Waals surface area contributed by atoms with Gasteiger partial charge in [-0.05, 0) is 18.8 Å². The summed E-state index contributed by atoms with van der Waals surface area (Å²) in [5.74, 6) is 0.986. The predicted octanol–water partition coefficient (Wildman–Crippen LogP) is 1.87. The van der Waals surface area contributed by atoms with Gasteiger partial charge in [0.15, 0.2) is 0 Å². The average Bonchev–Trinajstić information content (AvgIpc) is 2.40. The summed E-state index contributed by atoms with van der Waals surface area (Å²) < 4.78 is 5.36. The largest absolute Gasteiger partial charge is 0.378 e. The van der Waals surface area contributed by atoms with Gasteiger partial charge in [-0.2, -0.15) is 0 Å². The monoisotopic (exact) mass is 290 g/mol. The molecule has 1 heterocycles. The number of morpholine rings is 1. The Hall–Kier alpha value is -0.320. The summed E-state index contributed by atoms with van der Waals surface area (Å²) >= 11 is 0. The van der Waals surface area contributed by atoms with Crippen LogP contribution in [-0.4, -0.2) is 37.7 Å². The highest BCUT2D eigenvalue weighted by Gasteiger charge is 2.23. The Morgan fingerprint density at radius 3 is 2.95 bits per heavy atom. The molecule has 1 aliphatic heterocycles. The lowest BCUT2D eigenvalue weighted by molar-refractivity contribution is -0.123. The van der Waals surface area contributed by atoms with E-state index in [-0.39, 0.29) is 24.4 Å². The maximum Gasteiger partial charge on any atom is 0.221 e. The van der Waals surface area contributed by atoms with Crippen molar-refractivity contribution in [2.24, 2.45) is 5.92 Å². The lowest BCUT2D eigenvalue weighted by atomic mass is 9.84. The molecule has 3 unspecified atom stereocenters. The van der Waals surface area contributed by atoms with Crippen molar-refractivity contribution in [3.8, 4) is 0 Å². The SMILES string of the molecule is CCC1CCCC(NC(=O)CC2COCCN2)C1.Cl. The van der Waals surface area contributed by atoms with E-state index in [1.807, 2.05) is 0 Å². The molecule has 5 heteroatoms. The van der Waals surface area contributed by atoms with E-state index in [2.05, 4.69) is 17.6 Å². The number of nitrogens with one attached hydrogen (secondary N) is 2. The van der Waals surface area contributed by atoms with Crippen LogP contribution in [0.1, 0.15) is 45.4 Å². The Labute approximate surface area is 122 Å². The average molecular weight is 291 g/mol. The summed E-state index contributed by atoms with van der Waals surface area (Å²) in [5.41, 5.74) is 0. The molecular weight excluding hydrogens is 264 g/mol. The van der Waals surface area contributed by atoms with Gasteiger partial charge >= 0.3 is 0 Å². The molecule has 2 fully saturated rings. The van der Waals surface area contributed by atoms with Crippen molar-refractivity contribution >= 4 is 18.3 Å². The zero-order valence-corrected chi connectivity index (χ0v) is 12.6. The smallest absolute Gasteiger partial charge is 0.221 e. The van der Waals surface area contributed by atoms with Gasteiger partial charge in [0.2, 0.25) is 5.91 Å². The van der Waals surface area contributed by atoms with Crippen LogP contribution >= 0.6 is 12.4 Å². The van der Waals surface area contributed by atoms with Crippen LogP contribution in [0, 0.1) is 5.92 Å². The molecule has 112 valence electrons. The first-order chi connectivity index (χ1) is 8.78. The van der Waals surface area contributed by atoms with Crippen LogP contribution in [0.25, 0.3) is 0 Å². The van der Waals surface area contributed by atoms with Gasteiger partial charge in [0, 0.05) is 25.0 Å². The first kappa shape index (κ1) is 16.7. The Morgan fingerprint density at radius 1 is 1.42 bits per heavy atom. The number of hydrogen-bond acceptors (Lipinski definition) is 3. The van der Waals surface area contributed by atoms with E-state index in [0.29, 0.717) is 19.1 Å². The fraction of sp³-hybridized carbons (Fsp3) is 0.929. The molecule has 1 aliphatic carbocycles. The van der Waals surface area contributed by atoms with Gasteiger partial charge in [0.25, 0.3) is 0 Å². The number of ether oxygens (including phenoxy) is 1. The molecule has 4 nitrogen and oxygen atoms in total. The van der Waals surface area contributed by atoms with E-state index in [0.717, 1.165) is 31.9 Å². The molecule has 0 aromatic rings. The van der Waals surface area contributed by atoms with Crippen LogP contribution in [-0.2, 0) is 9.53 Å². The Morgan fingerprint density at radius 2 is 2.26 bits per heavy atom. The standard InChI is InChI=1S/C14H26N2O2.ClH/c1-2-11-4-3-5-12(8-11)16-14(17)9-13-10-18-7-6-15-13;/h11-13,15H,2-10H2,1H3,(H,16,17);1H. The third-order valence-corrected chi connectivity index (χ3v) is 4.16. The van der Waals surface area contributed by atoms with E-state index >= 15 is 0 Å². The van der Waals surface area contributed by atoms with Gasteiger partial charge in [-0.3, -0.25) is 4.79 Å². The summed E-state index contributed by atoms with van der Waals surface area (Å²) in [6, 6.07) is 0.602. The van der Waals surface area contributed by atoms with Crippen LogP contribution < -0.4 is 10.6 Å². The molecule has 0 bridgehead atoms. The van der Waals surface area contributed by atoms with Gasteiger partial charge < -0.3 is 15.4 Å². The minimum atomic E-state index is 0. The van der Waals surface area contributed by atoms with Crippen LogP contribution in [0.5, 0.6) is 0 Å². The number of hydrogen-bond donors (Lipinski definition) is 2. The number of carbonyl (C=O) groups is 1. The lowest BCUT2D eigenvalue weighted by Gasteiger charge is -2.30. The van der Waals surface area contributed by atoms with E-state index in [4.69, 9.17) is 4.74 Å². The van der Waals surface area contributed by atoms with Gasteiger partial charge in [0.1, 0.15) is 0 Å². The minimum Gasteiger partial charge on any atom is -0.378 e. The molecule has 0 aromatic heterocycles. The second kappa shape index (κ2) is 8.77. The zero-order chi connectivity index (χ0) is 12.8.